The fourth-order valence-electron chi connectivity index (χ4n) is 2.42. The van der Waals surface area contributed by atoms with Gasteiger partial charge in [0.25, 0.3) is 10.0 Å². The average Bonchev–Trinajstić information content (AvgIpc) is 2.67. The maximum atomic E-state index is 12.6. The molecule has 0 aliphatic rings. The number of para-hydroxylation sites is 2. The van der Waals surface area contributed by atoms with Crippen LogP contribution in [0, 0.1) is 0 Å². The number of benzene rings is 3. The minimum absolute atomic E-state index is 0.0851. The quantitative estimate of drug-likeness (QED) is 0.420. The van der Waals surface area contributed by atoms with Crippen LogP contribution in [0.1, 0.15) is 0 Å². The summed E-state index contributed by atoms with van der Waals surface area (Å²) >= 11 is 3.35. The molecule has 0 aliphatic carbocycles. The summed E-state index contributed by atoms with van der Waals surface area (Å²) in [5.41, 5.74) is 7.01. The van der Waals surface area contributed by atoms with E-state index in [4.69, 9.17) is 5.73 Å². The van der Waals surface area contributed by atoms with Crippen LogP contribution in [0.25, 0.3) is 0 Å². The van der Waals surface area contributed by atoms with Crippen molar-refractivity contribution in [2.45, 2.75) is 4.90 Å². The van der Waals surface area contributed by atoms with Crippen molar-refractivity contribution >= 4 is 54.7 Å². The van der Waals surface area contributed by atoms with E-state index in [0.29, 0.717) is 10.2 Å². The van der Waals surface area contributed by atoms with Gasteiger partial charge in [0, 0.05) is 4.47 Å². The molecule has 0 heterocycles. The van der Waals surface area contributed by atoms with Gasteiger partial charge in [-0.3, -0.25) is 4.72 Å². The summed E-state index contributed by atoms with van der Waals surface area (Å²) in [5.74, 6) is 0. The van der Waals surface area contributed by atoms with Crippen LogP contribution in [0.2, 0.25) is 0 Å². The van der Waals surface area contributed by atoms with E-state index < -0.39 is 16.1 Å². The molecule has 144 valence electrons. The Hall–Kier alpha value is -3.04. The molecule has 0 fully saturated rings. The molecular formula is C19H17BrN4O3S. The molecule has 0 spiro atoms. The Morgan fingerprint density at radius 1 is 0.821 bits per heavy atom. The van der Waals surface area contributed by atoms with Crippen molar-refractivity contribution in [2.24, 2.45) is 0 Å². The summed E-state index contributed by atoms with van der Waals surface area (Å²) in [6.45, 7) is 0. The van der Waals surface area contributed by atoms with E-state index in [1.165, 1.54) is 12.1 Å². The van der Waals surface area contributed by atoms with E-state index in [-0.39, 0.29) is 22.0 Å². The Labute approximate surface area is 171 Å². The second kappa shape index (κ2) is 8.32. The highest BCUT2D eigenvalue weighted by molar-refractivity contribution is 9.10. The third-order valence-electron chi connectivity index (χ3n) is 3.76. The van der Waals surface area contributed by atoms with E-state index >= 15 is 0 Å². The number of amides is 2. The zero-order valence-electron chi connectivity index (χ0n) is 14.5. The van der Waals surface area contributed by atoms with Crippen LogP contribution < -0.4 is 21.1 Å². The van der Waals surface area contributed by atoms with Crippen molar-refractivity contribution in [3.05, 3.63) is 77.3 Å². The molecule has 0 atom stereocenters. The fraction of sp³-hybridized carbons (Fsp3) is 0. The number of nitrogens with two attached hydrogens (primary N) is 1. The third-order valence-corrected chi connectivity index (χ3v) is 5.81. The second-order valence-corrected chi connectivity index (χ2v) is 8.28. The van der Waals surface area contributed by atoms with Crippen molar-refractivity contribution in [1.82, 2.24) is 0 Å². The number of rotatable bonds is 5. The van der Waals surface area contributed by atoms with E-state index in [2.05, 4.69) is 31.3 Å². The van der Waals surface area contributed by atoms with Gasteiger partial charge in [0.05, 0.1) is 27.6 Å². The molecule has 3 aromatic carbocycles. The van der Waals surface area contributed by atoms with Crippen LogP contribution >= 0.6 is 15.9 Å². The molecular weight excluding hydrogens is 444 g/mol. The standard InChI is InChI=1S/C19H17BrN4O3S/c20-14-9-4-5-11-16(14)22-19(25)23-17-12-6-10-15(21)18(17)24-28(26,27)13-7-2-1-3-8-13/h1-12,24H,21H2,(H2,22,23,25). The molecule has 7 nitrogen and oxygen atoms in total. The molecule has 3 aromatic rings. The van der Waals surface area contributed by atoms with Gasteiger partial charge in [-0.1, -0.05) is 36.4 Å². The van der Waals surface area contributed by atoms with Crippen molar-refractivity contribution in [1.29, 1.82) is 0 Å². The van der Waals surface area contributed by atoms with Gasteiger partial charge in [0.1, 0.15) is 0 Å². The third kappa shape index (κ3) is 4.62. The van der Waals surface area contributed by atoms with E-state index in [9.17, 15) is 13.2 Å². The predicted molar refractivity (Wildman–Crippen MR) is 115 cm³/mol. The lowest BCUT2D eigenvalue weighted by atomic mass is 10.2. The average molecular weight is 461 g/mol. The first-order valence-electron chi connectivity index (χ1n) is 8.16. The van der Waals surface area contributed by atoms with Crippen LogP contribution in [-0.4, -0.2) is 14.4 Å². The van der Waals surface area contributed by atoms with Crippen LogP contribution in [-0.2, 0) is 10.0 Å². The number of nitrogens with one attached hydrogen (secondary N) is 3. The van der Waals surface area contributed by atoms with Crippen molar-refractivity contribution in [2.75, 3.05) is 21.1 Å². The summed E-state index contributed by atoms with van der Waals surface area (Å²) in [5, 5.41) is 5.31. The minimum atomic E-state index is -3.87. The molecule has 5 N–H and O–H groups in total. The monoisotopic (exact) mass is 460 g/mol. The van der Waals surface area contributed by atoms with Crippen LogP contribution in [0.5, 0.6) is 0 Å². The number of carbonyl (C=O) groups excluding carboxylic acids is 1. The molecule has 2 amide bonds. The summed E-state index contributed by atoms with van der Waals surface area (Å²) < 4.78 is 28.4. The zero-order valence-corrected chi connectivity index (χ0v) is 16.9. The molecule has 3 rings (SSSR count). The molecule has 0 aliphatic heterocycles. The van der Waals surface area contributed by atoms with Gasteiger partial charge in [-0.05, 0) is 52.3 Å². The molecule has 0 aromatic heterocycles. The highest BCUT2D eigenvalue weighted by Crippen LogP contribution is 2.31. The Morgan fingerprint density at radius 2 is 1.43 bits per heavy atom. The molecule has 0 unspecified atom stereocenters. The molecule has 9 heteroatoms. The van der Waals surface area contributed by atoms with E-state index in [1.54, 1.807) is 54.6 Å². The number of hydrogen-bond donors (Lipinski definition) is 4. The van der Waals surface area contributed by atoms with Crippen LogP contribution in [0.4, 0.5) is 27.5 Å². The predicted octanol–water partition coefficient (Wildman–Crippen LogP) is 4.48. The highest BCUT2D eigenvalue weighted by atomic mass is 79.9. The fourth-order valence-corrected chi connectivity index (χ4v) is 3.93. The SMILES string of the molecule is Nc1cccc(NC(=O)Nc2ccccc2Br)c1NS(=O)(=O)c1ccccc1. The van der Waals surface area contributed by atoms with Gasteiger partial charge in [0.15, 0.2) is 0 Å². The number of nitrogen functional groups attached to an aromatic ring is 1. The number of sulfonamides is 1. The lowest BCUT2D eigenvalue weighted by Crippen LogP contribution is -2.22. The summed E-state index contributed by atoms with van der Waals surface area (Å²) in [4.78, 5) is 12.5. The summed E-state index contributed by atoms with van der Waals surface area (Å²) in [6, 6.07) is 19.2. The zero-order chi connectivity index (χ0) is 20.1. The van der Waals surface area contributed by atoms with Crippen molar-refractivity contribution in [3.8, 4) is 0 Å². The molecule has 0 radical (unpaired) electrons. The lowest BCUT2D eigenvalue weighted by Gasteiger charge is -2.16. The van der Waals surface area contributed by atoms with Crippen LogP contribution in [0.3, 0.4) is 0 Å². The number of anilines is 4. The topological polar surface area (TPSA) is 113 Å². The second-order valence-electron chi connectivity index (χ2n) is 5.75. The maximum Gasteiger partial charge on any atom is 0.323 e. The first-order valence-corrected chi connectivity index (χ1v) is 10.4. The number of urea groups is 1. The highest BCUT2D eigenvalue weighted by Gasteiger charge is 2.18. The first kappa shape index (κ1) is 19.7. The van der Waals surface area contributed by atoms with Gasteiger partial charge in [-0.2, -0.15) is 0 Å². The van der Waals surface area contributed by atoms with Crippen molar-refractivity contribution in [3.63, 3.8) is 0 Å². The van der Waals surface area contributed by atoms with Crippen molar-refractivity contribution < 1.29 is 13.2 Å². The molecule has 0 saturated heterocycles. The van der Waals surface area contributed by atoms with Gasteiger partial charge in [-0.25, -0.2) is 13.2 Å². The molecule has 0 saturated carbocycles. The number of hydrogen-bond acceptors (Lipinski definition) is 4. The minimum Gasteiger partial charge on any atom is -0.397 e. The van der Waals surface area contributed by atoms with Gasteiger partial charge in [0.2, 0.25) is 0 Å². The summed E-state index contributed by atoms with van der Waals surface area (Å²) in [7, 11) is -3.87. The van der Waals surface area contributed by atoms with Gasteiger partial charge < -0.3 is 16.4 Å². The molecule has 28 heavy (non-hydrogen) atoms. The van der Waals surface area contributed by atoms with Crippen LogP contribution in [0.15, 0.2) is 82.2 Å². The number of halogens is 1. The largest absolute Gasteiger partial charge is 0.397 e. The first-order chi connectivity index (χ1) is 13.4. The van der Waals surface area contributed by atoms with Gasteiger partial charge in [-0.15, -0.1) is 0 Å². The summed E-state index contributed by atoms with van der Waals surface area (Å²) in [6.07, 6.45) is 0. The Morgan fingerprint density at radius 3 is 2.14 bits per heavy atom. The smallest absolute Gasteiger partial charge is 0.323 e. The Bertz CT molecular complexity index is 1110. The van der Waals surface area contributed by atoms with Gasteiger partial charge >= 0.3 is 6.03 Å². The number of carbonyl (C=O) groups is 1. The normalized spacial score (nSPS) is 10.9. The van der Waals surface area contributed by atoms with E-state index in [1.807, 2.05) is 6.07 Å². The maximum absolute atomic E-state index is 12.6. The Kier molecular flexibility index (Phi) is 5.86. The van der Waals surface area contributed by atoms with E-state index in [0.717, 1.165) is 0 Å². The lowest BCUT2D eigenvalue weighted by molar-refractivity contribution is 0.262. The molecule has 0 bridgehead atoms. The Balaban J connectivity index is 1.84.